The fourth-order valence-electron chi connectivity index (χ4n) is 4.52. The summed E-state index contributed by atoms with van der Waals surface area (Å²) in [5.41, 5.74) is 3.06. The van der Waals surface area contributed by atoms with Crippen LogP contribution in [0.1, 0.15) is 32.1 Å². The zero-order valence-electron chi connectivity index (χ0n) is 18.8. The Morgan fingerprint density at radius 2 is 1.45 bits per heavy atom. The van der Waals surface area contributed by atoms with E-state index in [4.69, 9.17) is 0 Å². The lowest BCUT2D eigenvalue weighted by atomic mass is 10.1. The lowest BCUT2D eigenvalue weighted by Gasteiger charge is -2.27. The molecule has 7 nitrogen and oxygen atoms in total. The van der Waals surface area contributed by atoms with E-state index in [9.17, 15) is 4.79 Å². The van der Waals surface area contributed by atoms with Gasteiger partial charge in [0.05, 0.1) is 11.4 Å². The predicted molar refractivity (Wildman–Crippen MR) is 135 cm³/mol. The number of carbonyl (C=O) groups is 1. The minimum Gasteiger partial charge on any atom is -0.372 e. The summed E-state index contributed by atoms with van der Waals surface area (Å²) in [6.07, 6.45) is 6.11. The molecule has 172 valence electrons. The van der Waals surface area contributed by atoms with Crippen LogP contribution < -0.4 is 15.1 Å². The fourth-order valence-corrected chi connectivity index (χ4v) is 5.26. The van der Waals surface area contributed by atoms with E-state index in [-0.39, 0.29) is 11.7 Å². The van der Waals surface area contributed by atoms with Crippen LogP contribution >= 0.6 is 11.8 Å². The highest BCUT2D eigenvalue weighted by atomic mass is 32.2. The summed E-state index contributed by atoms with van der Waals surface area (Å²) in [5, 5.41) is 12.7. The van der Waals surface area contributed by atoms with E-state index in [2.05, 4.69) is 54.1 Å². The van der Waals surface area contributed by atoms with Crippen LogP contribution in [-0.4, -0.2) is 52.6 Å². The molecule has 2 fully saturated rings. The number of hydrogen-bond donors (Lipinski definition) is 1. The van der Waals surface area contributed by atoms with Crippen molar-refractivity contribution in [2.24, 2.45) is 0 Å². The number of benzene rings is 2. The third kappa shape index (κ3) is 5.16. The van der Waals surface area contributed by atoms with Gasteiger partial charge < -0.3 is 15.1 Å². The minimum atomic E-state index is -0.0453. The van der Waals surface area contributed by atoms with Crippen LogP contribution in [-0.2, 0) is 4.79 Å². The van der Waals surface area contributed by atoms with Crippen molar-refractivity contribution >= 4 is 35.0 Å². The van der Waals surface area contributed by atoms with Crippen molar-refractivity contribution in [2.45, 2.75) is 37.3 Å². The molecule has 1 aromatic heterocycles. The largest absolute Gasteiger partial charge is 0.372 e. The van der Waals surface area contributed by atoms with Gasteiger partial charge in [0, 0.05) is 37.6 Å². The molecular formula is C25H30N6OS. The van der Waals surface area contributed by atoms with Gasteiger partial charge in [0.2, 0.25) is 11.9 Å². The van der Waals surface area contributed by atoms with Gasteiger partial charge in [0.1, 0.15) is 0 Å². The number of anilines is 3. The van der Waals surface area contributed by atoms with Crippen LogP contribution in [0.3, 0.4) is 0 Å². The number of rotatable bonds is 7. The van der Waals surface area contributed by atoms with E-state index in [0.29, 0.717) is 0 Å². The van der Waals surface area contributed by atoms with Crippen molar-refractivity contribution in [3.05, 3.63) is 54.6 Å². The van der Waals surface area contributed by atoms with Gasteiger partial charge in [-0.15, -0.1) is 10.2 Å². The average Bonchev–Trinajstić information content (AvgIpc) is 3.55. The van der Waals surface area contributed by atoms with Gasteiger partial charge >= 0.3 is 0 Å². The van der Waals surface area contributed by atoms with Gasteiger partial charge in [0.15, 0.2) is 5.16 Å². The van der Waals surface area contributed by atoms with Crippen molar-refractivity contribution in [1.29, 1.82) is 0 Å². The smallest absolute Gasteiger partial charge is 0.234 e. The summed E-state index contributed by atoms with van der Waals surface area (Å²) in [6.45, 7) is 4.21. The Labute approximate surface area is 199 Å². The normalized spacial score (nSPS) is 16.2. The molecular weight excluding hydrogens is 432 g/mol. The van der Waals surface area contributed by atoms with Gasteiger partial charge in [-0.05, 0) is 68.5 Å². The number of nitrogens with zero attached hydrogens (tertiary/aromatic N) is 5. The quantitative estimate of drug-likeness (QED) is 0.518. The van der Waals surface area contributed by atoms with Crippen LogP contribution in [0.4, 0.5) is 17.3 Å². The highest BCUT2D eigenvalue weighted by molar-refractivity contribution is 7.99. The first kappa shape index (κ1) is 21.8. The molecule has 8 heteroatoms. The maximum Gasteiger partial charge on any atom is 0.234 e. The number of thioether (sulfide) groups is 1. The standard InChI is InChI=1S/C25H30N6OS/c32-23(26-20-11-13-21(14-12-20)29-15-7-8-16-29)19-33-25-28-27-24(30-17-5-2-6-18-30)31(25)22-9-3-1-4-10-22/h1,3-4,9-14H,2,5-8,15-19H2,(H,26,32). The fraction of sp³-hybridized carbons (Fsp3) is 0.400. The molecule has 2 aromatic carbocycles. The summed E-state index contributed by atoms with van der Waals surface area (Å²) in [7, 11) is 0. The Hall–Kier alpha value is -3.00. The van der Waals surface area contributed by atoms with Gasteiger partial charge in [-0.3, -0.25) is 9.36 Å². The molecule has 3 aromatic rings. The number of aromatic nitrogens is 3. The molecule has 0 bridgehead atoms. The van der Waals surface area contributed by atoms with E-state index in [1.165, 1.54) is 49.6 Å². The maximum atomic E-state index is 12.7. The van der Waals surface area contributed by atoms with Gasteiger partial charge in [-0.2, -0.15) is 0 Å². The van der Waals surface area contributed by atoms with E-state index in [0.717, 1.165) is 48.7 Å². The molecule has 0 saturated carbocycles. The second-order valence-corrected chi connectivity index (χ2v) is 9.52. The van der Waals surface area contributed by atoms with E-state index in [1.54, 1.807) is 0 Å². The first-order chi connectivity index (χ1) is 16.3. The predicted octanol–water partition coefficient (Wildman–Crippen LogP) is 4.59. The van der Waals surface area contributed by atoms with Crippen molar-refractivity contribution in [3.63, 3.8) is 0 Å². The number of nitrogens with one attached hydrogen (secondary N) is 1. The number of carbonyl (C=O) groups excluding carboxylic acids is 1. The Morgan fingerprint density at radius 3 is 2.18 bits per heavy atom. The highest BCUT2D eigenvalue weighted by Crippen LogP contribution is 2.28. The molecule has 1 amide bonds. The molecule has 1 N–H and O–H groups in total. The van der Waals surface area contributed by atoms with Crippen LogP contribution in [0.25, 0.3) is 5.69 Å². The highest BCUT2D eigenvalue weighted by Gasteiger charge is 2.22. The average molecular weight is 463 g/mol. The van der Waals surface area contributed by atoms with Crippen LogP contribution in [0.15, 0.2) is 59.8 Å². The zero-order valence-corrected chi connectivity index (χ0v) is 19.6. The van der Waals surface area contributed by atoms with Gasteiger partial charge in [-0.25, -0.2) is 0 Å². The first-order valence-electron chi connectivity index (χ1n) is 11.8. The monoisotopic (exact) mass is 462 g/mol. The molecule has 0 radical (unpaired) electrons. The maximum absolute atomic E-state index is 12.7. The lowest BCUT2D eigenvalue weighted by Crippen LogP contribution is -2.31. The summed E-state index contributed by atoms with van der Waals surface area (Å²) >= 11 is 1.42. The molecule has 0 aliphatic carbocycles. The Bertz CT molecular complexity index is 1060. The topological polar surface area (TPSA) is 66.3 Å². The van der Waals surface area contributed by atoms with Crippen molar-refractivity contribution in [1.82, 2.24) is 14.8 Å². The molecule has 3 heterocycles. The molecule has 2 aliphatic rings. The number of amides is 1. The third-order valence-corrected chi connectivity index (χ3v) is 7.15. The van der Waals surface area contributed by atoms with Crippen molar-refractivity contribution in [3.8, 4) is 5.69 Å². The molecule has 0 spiro atoms. The Morgan fingerprint density at radius 1 is 0.788 bits per heavy atom. The first-order valence-corrected chi connectivity index (χ1v) is 12.8. The van der Waals surface area contributed by atoms with E-state index < -0.39 is 0 Å². The Balaban J connectivity index is 1.26. The zero-order chi connectivity index (χ0) is 22.5. The number of para-hydroxylation sites is 1. The summed E-state index contributed by atoms with van der Waals surface area (Å²) in [4.78, 5) is 17.4. The second-order valence-electron chi connectivity index (χ2n) is 8.58. The molecule has 2 saturated heterocycles. The third-order valence-electron chi connectivity index (χ3n) is 6.22. The summed E-state index contributed by atoms with van der Waals surface area (Å²) in [5.74, 6) is 1.09. The minimum absolute atomic E-state index is 0.0453. The van der Waals surface area contributed by atoms with Crippen molar-refractivity contribution < 1.29 is 4.79 Å². The van der Waals surface area contributed by atoms with E-state index in [1.807, 2.05) is 30.3 Å². The SMILES string of the molecule is O=C(CSc1nnc(N2CCCCC2)n1-c1ccccc1)Nc1ccc(N2CCCC2)cc1. The summed E-state index contributed by atoms with van der Waals surface area (Å²) in [6, 6.07) is 18.3. The van der Waals surface area contributed by atoms with Crippen molar-refractivity contribution in [2.75, 3.05) is 47.0 Å². The Kier molecular flexibility index (Phi) is 6.81. The summed E-state index contributed by atoms with van der Waals surface area (Å²) < 4.78 is 2.08. The number of hydrogen-bond acceptors (Lipinski definition) is 6. The van der Waals surface area contributed by atoms with Crippen LogP contribution in [0, 0.1) is 0 Å². The molecule has 0 atom stereocenters. The molecule has 0 unspecified atom stereocenters. The van der Waals surface area contributed by atoms with Gasteiger partial charge in [-0.1, -0.05) is 30.0 Å². The van der Waals surface area contributed by atoms with Crippen LogP contribution in [0.2, 0.25) is 0 Å². The second kappa shape index (κ2) is 10.3. The lowest BCUT2D eigenvalue weighted by molar-refractivity contribution is -0.113. The number of piperidine rings is 1. The molecule has 2 aliphatic heterocycles. The molecule has 33 heavy (non-hydrogen) atoms. The van der Waals surface area contributed by atoms with Crippen LogP contribution in [0.5, 0.6) is 0 Å². The molecule has 5 rings (SSSR count). The van der Waals surface area contributed by atoms with Gasteiger partial charge in [0.25, 0.3) is 0 Å². The van der Waals surface area contributed by atoms with E-state index >= 15 is 0 Å².